The Hall–Kier alpha value is -0.640. The number of rotatable bonds is 3. The molecule has 3 nitrogen and oxygen atoms in total. The molecule has 0 amide bonds. The van der Waals surface area contributed by atoms with Gasteiger partial charge in [-0.25, -0.2) is 0 Å². The van der Waals surface area contributed by atoms with Crippen molar-refractivity contribution in [3.05, 3.63) is 5.01 Å². The maximum atomic E-state index is 4.07. The van der Waals surface area contributed by atoms with Crippen molar-refractivity contribution in [2.45, 2.75) is 34.6 Å². The molecule has 1 aliphatic carbocycles. The zero-order valence-electron chi connectivity index (χ0n) is 10.1. The smallest absolute Gasteiger partial charge is 0.205 e. The van der Waals surface area contributed by atoms with E-state index in [1.54, 1.807) is 11.3 Å². The molecule has 1 saturated carbocycles. The quantitative estimate of drug-likeness (QED) is 0.859. The third-order valence-electron chi connectivity index (χ3n) is 4.30. The van der Waals surface area contributed by atoms with E-state index in [1.807, 2.05) is 6.92 Å². The van der Waals surface area contributed by atoms with Crippen LogP contribution in [0.4, 0.5) is 5.13 Å². The summed E-state index contributed by atoms with van der Waals surface area (Å²) in [5, 5.41) is 13.4. The molecule has 1 aromatic rings. The second-order valence-electron chi connectivity index (χ2n) is 5.50. The van der Waals surface area contributed by atoms with Crippen LogP contribution in [0.5, 0.6) is 0 Å². The molecule has 1 heterocycles. The first-order valence-electron chi connectivity index (χ1n) is 5.39. The summed E-state index contributed by atoms with van der Waals surface area (Å²) >= 11 is 1.62. The standard InChI is InChI=1S/C11H19N3S/c1-7-13-14-9(15-7)12-6-8-10(2,3)11(8,4)5/h8H,6H2,1-5H3,(H,12,14). The Morgan fingerprint density at radius 2 is 1.80 bits per heavy atom. The maximum Gasteiger partial charge on any atom is 0.205 e. The van der Waals surface area contributed by atoms with E-state index in [0.29, 0.717) is 10.8 Å². The van der Waals surface area contributed by atoms with Gasteiger partial charge in [0.15, 0.2) is 0 Å². The SMILES string of the molecule is Cc1nnc(NCC2C(C)(C)C2(C)C)s1. The highest BCUT2D eigenvalue weighted by molar-refractivity contribution is 7.15. The number of nitrogens with zero attached hydrogens (tertiary/aromatic N) is 2. The molecule has 1 aromatic heterocycles. The van der Waals surface area contributed by atoms with Crippen molar-refractivity contribution in [1.82, 2.24) is 10.2 Å². The van der Waals surface area contributed by atoms with Gasteiger partial charge in [-0.3, -0.25) is 0 Å². The van der Waals surface area contributed by atoms with Crippen LogP contribution in [-0.2, 0) is 0 Å². The number of aromatic nitrogens is 2. The zero-order valence-corrected chi connectivity index (χ0v) is 10.9. The minimum Gasteiger partial charge on any atom is -0.360 e. The first kappa shape index (κ1) is 10.9. The van der Waals surface area contributed by atoms with Gasteiger partial charge in [-0.1, -0.05) is 39.0 Å². The summed E-state index contributed by atoms with van der Waals surface area (Å²) in [6.07, 6.45) is 0. The Morgan fingerprint density at radius 1 is 1.20 bits per heavy atom. The number of nitrogens with one attached hydrogen (secondary N) is 1. The molecular formula is C11H19N3S. The second-order valence-corrected chi connectivity index (χ2v) is 6.68. The molecule has 1 N–H and O–H groups in total. The summed E-state index contributed by atoms with van der Waals surface area (Å²) in [5.41, 5.74) is 0.888. The first-order chi connectivity index (χ1) is 6.85. The van der Waals surface area contributed by atoms with Crippen LogP contribution in [0, 0.1) is 23.7 Å². The molecule has 0 unspecified atom stereocenters. The average Bonchev–Trinajstić information content (AvgIpc) is 2.50. The Kier molecular flexibility index (Phi) is 2.30. The molecule has 0 aromatic carbocycles. The van der Waals surface area contributed by atoms with E-state index in [9.17, 15) is 0 Å². The largest absolute Gasteiger partial charge is 0.360 e. The van der Waals surface area contributed by atoms with Gasteiger partial charge in [0, 0.05) is 6.54 Å². The van der Waals surface area contributed by atoms with Crippen molar-refractivity contribution in [2.24, 2.45) is 16.7 Å². The number of aryl methyl sites for hydroxylation is 1. The fourth-order valence-electron chi connectivity index (χ4n) is 2.40. The van der Waals surface area contributed by atoms with Crippen LogP contribution in [0.1, 0.15) is 32.7 Å². The lowest BCUT2D eigenvalue weighted by Gasteiger charge is -2.04. The second kappa shape index (κ2) is 3.17. The van der Waals surface area contributed by atoms with Gasteiger partial charge >= 0.3 is 0 Å². The van der Waals surface area contributed by atoms with Crippen molar-refractivity contribution < 1.29 is 0 Å². The van der Waals surface area contributed by atoms with E-state index in [1.165, 1.54) is 0 Å². The lowest BCUT2D eigenvalue weighted by Crippen LogP contribution is -2.07. The van der Waals surface area contributed by atoms with Crippen LogP contribution >= 0.6 is 11.3 Å². The molecule has 0 aliphatic heterocycles. The molecule has 0 saturated heterocycles. The van der Waals surface area contributed by atoms with Gasteiger partial charge in [0.1, 0.15) is 5.01 Å². The molecule has 0 atom stereocenters. The number of hydrogen-bond acceptors (Lipinski definition) is 4. The van der Waals surface area contributed by atoms with Crippen molar-refractivity contribution in [2.75, 3.05) is 11.9 Å². The summed E-state index contributed by atoms with van der Waals surface area (Å²) in [6.45, 7) is 12.3. The fourth-order valence-corrected chi connectivity index (χ4v) is 3.00. The van der Waals surface area contributed by atoms with Crippen molar-refractivity contribution in [1.29, 1.82) is 0 Å². The Morgan fingerprint density at radius 3 is 2.20 bits per heavy atom. The monoisotopic (exact) mass is 225 g/mol. The zero-order chi connectivity index (χ0) is 11.3. The highest BCUT2D eigenvalue weighted by Gasteiger charge is 2.64. The topological polar surface area (TPSA) is 37.8 Å². The van der Waals surface area contributed by atoms with Crippen LogP contribution in [0.15, 0.2) is 0 Å². The van der Waals surface area contributed by atoms with Crippen molar-refractivity contribution in [3.8, 4) is 0 Å². The third kappa shape index (κ3) is 1.65. The number of hydrogen-bond donors (Lipinski definition) is 1. The van der Waals surface area contributed by atoms with Crippen molar-refractivity contribution >= 4 is 16.5 Å². The summed E-state index contributed by atoms with van der Waals surface area (Å²) in [7, 11) is 0. The van der Waals surface area contributed by atoms with E-state index >= 15 is 0 Å². The minimum absolute atomic E-state index is 0.444. The van der Waals surface area contributed by atoms with Gasteiger partial charge in [0.05, 0.1) is 0 Å². The van der Waals surface area contributed by atoms with Gasteiger partial charge in [0.2, 0.25) is 5.13 Å². The van der Waals surface area contributed by atoms with Gasteiger partial charge in [-0.15, -0.1) is 10.2 Å². The fraction of sp³-hybridized carbons (Fsp3) is 0.818. The first-order valence-corrected chi connectivity index (χ1v) is 6.21. The summed E-state index contributed by atoms with van der Waals surface area (Å²) < 4.78 is 0. The van der Waals surface area contributed by atoms with Gasteiger partial charge in [0.25, 0.3) is 0 Å². The van der Waals surface area contributed by atoms with E-state index in [4.69, 9.17) is 0 Å². The molecule has 4 heteroatoms. The van der Waals surface area contributed by atoms with Crippen LogP contribution in [0.3, 0.4) is 0 Å². The highest BCUT2D eigenvalue weighted by Crippen LogP contribution is 2.68. The van der Waals surface area contributed by atoms with Crippen molar-refractivity contribution in [3.63, 3.8) is 0 Å². The van der Waals surface area contributed by atoms with E-state index < -0.39 is 0 Å². The third-order valence-corrected chi connectivity index (χ3v) is 5.10. The highest BCUT2D eigenvalue weighted by atomic mass is 32.1. The predicted octanol–water partition coefficient (Wildman–Crippen LogP) is 2.94. The van der Waals surface area contributed by atoms with Crippen LogP contribution in [0.2, 0.25) is 0 Å². The molecule has 0 radical (unpaired) electrons. The van der Waals surface area contributed by atoms with Gasteiger partial charge in [-0.05, 0) is 23.7 Å². The normalized spacial score (nSPS) is 22.7. The molecule has 1 aliphatic rings. The number of anilines is 1. The average molecular weight is 225 g/mol. The Balaban J connectivity index is 1.91. The van der Waals surface area contributed by atoms with Crippen LogP contribution < -0.4 is 5.32 Å². The Labute approximate surface area is 95.3 Å². The minimum atomic E-state index is 0.444. The van der Waals surface area contributed by atoms with E-state index in [-0.39, 0.29) is 0 Å². The molecule has 84 valence electrons. The maximum absolute atomic E-state index is 4.07. The van der Waals surface area contributed by atoms with E-state index in [2.05, 4.69) is 43.2 Å². The molecule has 2 rings (SSSR count). The molecule has 0 bridgehead atoms. The Bertz CT molecular complexity index is 354. The molecule has 1 fully saturated rings. The van der Waals surface area contributed by atoms with Gasteiger partial charge in [-0.2, -0.15) is 0 Å². The van der Waals surface area contributed by atoms with Crippen LogP contribution in [0.25, 0.3) is 0 Å². The van der Waals surface area contributed by atoms with E-state index in [0.717, 1.165) is 22.6 Å². The predicted molar refractivity (Wildman–Crippen MR) is 64.2 cm³/mol. The van der Waals surface area contributed by atoms with Gasteiger partial charge < -0.3 is 5.32 Å². The lowest BCUT2D eigenvalue weighted by atomic mass is 10.0. The van der Waals surface area contributed by atoms with Crippen LogP contribution in [-0.4, -0.2) is 16.7 Å². The molecular weight excluding hydrogens is 206 g/mol. The molecule has 15 heavy (non-hydrogen) atoms. The summed E-state index contributed by atoms with van der Waals surface area (Å²) in [6, 6.07) is 0. The summed E-state index contributed by atoms with van der Waals surface area (Å²) in [5.74, 6) is 0.731. The molecule has 0 spiro atoms. The lowest BCUT2D eigenvalue weighted by molar-refractivity contribution is 0.457. The summed E-state index contributed by atoms with van der Waals surface area (Å²) in [4.78, 5) is 0.